The molecule has 1 aromatic heterocycles. The predicted octanol–water partition coefficient (Wildman–Crippen LogP) is 4.50. The van der Waals surface area contributed by atoms with E-state index in [1.165, 1.54) is 11.1 Å². The fourth-order valence-electron chi connectivity index (χ4n) is 3.83. The molecule has 0 fully saturated rings. The van der Waals surface area contributed by atoms with Crippen LogP contribution >= 0.6 is 23.2 Å². The minimum absolute atomic E-state index is 0.0974. The average molecular weight is 470 g/mol. The normalized spacial score (nSPS) is 16.2. The molecule has 2 aromatic carbocycles. The first-order valence-corrected chi connectivity index (χ1v) is 10.5. The van der Waals surface area contributed by atoms with Crippen LogP contribution in [-0.4, -0.2) is 28.5 Å². The molecule has 0 spiro atoms. The zero-order valence-electron chi connectivity index (χ0n) is 17.1. The van der Waals surface area contributed by atoms with Gasteiger partial charge in [-0.05, 0) is 43.7 Å². The fraction of sp³-hybridized carbons (Fsp3) is 0.182. The second kappa shape index (κ2) is 7.36. The molecule has 32 heavy (non-hydrogen) atoms. The Balaban J connectivity index is 1.41. The molecule has 0 bridgehead atoms. The number of hydrogen-bond acceptors (Lipinski definition) is 6. The van der Waals surface area contributed by atoms with E-state index in [-0.39, 0.29) is 35.9 Å². The summed E-state index contributed by atoms with van der Waals surface area (Å²) in [6, 6.07) is 10.5. The molecule has 0 saturated heterocycles. The van der Waals surface area contributed by atoms with Crippen molar-refractivity contribution < 1.29 is 14.3 Å². The third-order valence-electron chi connectivity index (χ3n) is 5.39. The van der Waals surface area contributed by atoms with Crippen LogP contribution in [0, 0.1) is 0 Å². The van der Waals surface area contributed by atoms with Gasteiger partial charge in [0.05, 0.1) is 21.3 Å². The van der Waals surface area contributed by atoms with Crippen LogP contribution in [0.15, 0.2) is 42.6 Å². The summed E-state index contributed by atoms with van der Waals surface area (Å²) in [6.45, 7) is 3.80. The van der Waals surface area contributed by atoms with Gasteiger partial charge < -0.3 is 15.4 Å². The second-order valence-electron chi connectivity index (χ2n) is 7.95. The summed E-state index contributed by atoms with van der Waals surface area (Å²) in [5.41, 5.74) is 2.30. The number of nitrogens with one attached hydrogen (secondary N) is 2. The van der Waals surface area contributed by atoms with Crippen LogP contribution in [-0.2, 0) is 5.54 Å². The molecule has 2 aliphatic heterocycles. The summed E-state index contributed by atoms with van der Waals surface area (Å²) >= 11 is 12.5. The lowest BCUT2D eigenvalue weighted by atomic mass is 9.94. The van der Waals surface area contributed by atoms with Crippen molar-refractivity contribution in [1.29, 1.82) is 0 Å². The third kappa shape index (κ3) is 3.32. The van der Waals surface area contributed by atoms with E-state index < -0.39 is 5.54 Å². The number of hydrogen-bond donors (Lipinski definition) is 2. The van der Waals surface area contributed by atoms with E-state index in [0.717, 1.165) is 5.56 Å². The Bertz CT molecular complexity index is 1270. The van der Waals surface area contributed by atoms with Crippen LogP contribution in [0.5, 0.6) is 5.88 Å². The number of amides is 2. The van der Waals surface area contributed by atoms with E-state index in [9.17, 15) is 9.59 Å². The predicted molar refractivity (Wildman–Crippen MR) is 121 cm³/mol. The number of ether oxygens (including phenoxy) is 1. The van der Waals surface area contributed by atoms with Gasteiger partial charge in [-0.1, -0.05) is 35.3 Å². The van der Waals surface area contributed by atoms with E-state index in [2.05, 4.69) is 20.6 Å². The molecular formula is C22H17Cl2N5O3. The number of carbonyl (C=O) groups is 2. The number of carbonyl (C=O) groups excluding carboxylic acids is 2. The summed E-state index contributed by atoms with van der Waals surface area (Å²) in [4.78, 5) is 35.1. The van der Waals surface area contributed by atoms with Gasteiger partial charge in [-0.3, -0.25) is 14.5 Å². The van der Waals surface area contributed by atoms with Crippen LogP contribution in [0.25, 0.3) is 0 Å². The molecule has 2 N–H and O–H groups in total. The van der Waals surface area contributed by atoms with E-state index in [0.29, 0.717) is 27.0 Å². The largest absolute Gasteiger partial charge is 0.455 e. The zero-order chi connectivity index (χ0) is 22.6. The maximum atomic E-state index is 13.0. The molecule has 162 valence electrons. The van der Waals surface area contributed by atoms with Gasteiger partial charge in [-0.25, -0.2) is 4.98 Å². The van der Waals surface area contributed by atoms with Crippen LogP contribution in [0.1, 0.15) is 40.1 Å². The van der Waals surface area contributed by atoms with E-state index in [1.54, 1.807) is 24.3 Å². The van der Waals surface area contributed by atoms with E-state index in [4.69, 9.17) is 27.9 Å². The lowest BCUT2D eigenvalue weighted by molar-refractivity contribution is 0.0926. The molecule has 5 rings (SSSR count). The van der Waals surface area contributed by atoms with Crippen LogP contribution in [0.2, 0.25) is 10.0 Å². The van der Waals surface area contributed by atoms with Crippen LogP contribution in [0.4, 0.5) is 17.3 Å². The fourth-order valence-corrected chi connectivity index (χ4v) is 4.43. The number of benzene rings is 2. The topological polar surface area (TPSA) is 96.4 Å². The first kappa shape index (κ1) is 20.5. The Labute approximate surface area is 193 Å². The minimum atomic E-state index is -0.419. The number of aromatic nitrogens is 2. The van der Waals surface area contributed by atoms with Gasteiger partial charge in [-0.15, -0.1) is 0 Å². The third-order valence-corrected chi connectivity index (χ3v) is 6.00. The highest BCUT2D eigenvalue weighted by Gasteiger charge is 2.35. The molecule has 0 radical (unpaired) electrons. The van der Waals surface area contributed by atoms with Gasteiger partial charge in [0.2, 0.25) is 11.8 Å². The minimum Gasteiger partial charge on any atom is -0.455 e. The quantitative estimate of drug-likeness (QED) is 0.585. The van der Waals surface area contributed by atoms with Crippen LogP contribution < -0.4 is 20.3 Å². The Kier molecular flexibility index (Phi) is 4.72. The molecule has 2 amide bonds. The number of nitrogens with zero attached hydrogens (tertiary/aromatic N) is 3. The van der Waals surface area contributed by atoms with Gasteiger partial charge in [-0.2, -0.15) is 4.98 Å². The van der Waals surface area contributed by atoms with Crippen molar-refractivity contribution >= 4 is 52.3 Å². The number of rotatable bonds is 3. The van der Waals surface area contributed by atoms with Crippen molar-refractivity contribution in [2.75, 3.05) is 16.9 Å². The van der Waals surface area contributed by atoms with Crippen molar-refractivity contribution in [3.05, 3.63) is 69.3 Å². The lowest BCUT2D eigenvalue weighted by Gasteiger charge is -2.29. The summed E-state index contributed by atoms with van der Waals surface area (Å²) < 4.78 is 5.70. The van der Waals surface area contributed by atoms with Gasteiger partial charge in [0, 0.05) is 17.4 Å². The van der Waals surface area contributed by atoms with Gasteiger partial charge in [0.15, 0.2) is 6.73 Å². The smallest absolute Gasteiger partial charge is 0.268 e. The van der Waals surface area contributed by atoms with Gasteiger partial charge in [0.25, 0.3) is 11.8 Å². The van der Waals surface area contributed by atoms with Crippen molar-refractivity contribution in [2.24, 2.45) is 0 Å². The number of para-hydroxylation sites is 1. The number of anilines is 3. The standard InChI is InChI=1S/C22H17Cl2N5O3/c1-22(2)14-7-6-11(8-12(14)18(30)28-22)26-21-25-9-13-19(27-21)32-10-29(20(13)31)17-15(23)4-3-5-16(17)24/h3-9H,10H2,1-2H3,(H,28,30)(H,25,26,27). The number of fused-ring (bicyclic) bond motifs is 2. The van der Waals surface area contributed by atoms with E-state index in [1.807, 2.05) is 26.0 Å². The number of halogens is 2. The first-order chi connectivity index (χ1) is 15.2. The molecule has 0 unspecified atom stereocenters. The van der Waals surface area contributed by atoms with Crippen molar-refractivity contribution in [1.82, 2.24) is 15.3 Å². The Morgan fingerprint density at radius 3 is 2.62 bits per heavy atom. The van der Waals surface area contributed by atoms with Gasteiger partial charge in [0.1, 0.15) is 5.56 Å². The maximum Gasteiger partial charge on any atom is 0.268 e. The molecule has 0 saturated carbocycles. The highest BCUT2D eigenvalue weighted by atomic mass is 35.5. The SMILES string of the molecule is CC1(C)NC(=O)c2cc(Nc3ncc4c(n3)OCN(c3c(Cl)cccc3Cl)C4=O)ccc21. The zero-order valence-corrected chi connectivity index (χ0v) is 18.6. The monoisotopic (exact) mass is 469 g/mol. The molecule has 0 aliphatic carbocycles. The molecule has 8 nitrogen and oxygen atoms in total. The Morgan fingerprint density at radius 2 is 1.88 bits per heavy atom. The Morgan fingerprint density at radius 1 is 1.12 bits per heavy atom. The van der Waals surface area contributed by atoms with Crippen molar-refractivity contribution in [3.8, 4) is 5.88 Å². The molecule has 3 aromatic rings. The van der Waals surface area contributed by atoms with Crippen molar-refractivity contribution in [3.63, 3.8) is 0 Å². The summed E-state index contributed by atoms with van der Waals surface area (Å²) in [5.74, 6) is -0.123. The highest BCUT2D eigenvalue weighted by molar-refractivity contribution is 6.40. The average Bonchev–Trinajstić information content (AvgIpc) is 2.97. The molecule has 0 atom stereocenters. The summed E-state index contributed by atoms with van der Waals surface area (Å²) in [6.07, 6.45) is 1.38. The molecular weight excluding hydrogens is 453 g/mol. The van der Waals surface area contributed by atoms with E-state index >= 15 is 0 Å². The second-order valence-corrected chi connectivity index (χ2v) is 8.77. The summed E-state index contributed by atoms with van der Waals surface area (Å²) in [5, 5.41) is 6.67. The van der Waals surface area contributed by atoms with Crippen molar-refractivity contribution in [2.45, 2.75) is 19.4 Å². The lowest BCUT2D eigenvalue weighted by Crippen LogP contribution is -2.39. The molecule has 10 heteroatoms. The molecule has 3 heterocycles. The van der Waals surface area contributed by atoms with Gasteiger partial charge >= 0.3 is 0 Å². The maximum absolute atomic E-state index is 13.0. The first-order valence-electron chi connectivity index (χ1n) is 9.74. The summed E-state index contributed by atoms with van der Waals surface area (Å²) in [7, 11) is 0. The highest BCUT2D eigenvalue weighted by Crippen LogP contribution is 2.37. The van der Waals surface area contributed by atoms with Crippen LogP contribution in [0.3, 0.4) is 0 Å². The Hall–Kier alpha value is -3.36. The molecule has 2 aliphatic rings.